The first-order valence-electron chi connectivity index (χ1n) is 10.1. The summed E-state index contributed by atoms with van der Waals surface area (Å²) in [6.45, 7) is 6.13. The molecule has 168 valence electrons. The molecule has 0 bridgehead atoms. The molecule has 0 aliphatic carbocycles. The number of ether oxygens (including phenoxy) is 2. The summed E-state index contributed by atoms with van der Waals surface area (Å²) in [7, 11) is -3.76. The van der Waals surface area contributed by atoms with Crippen LogP contribution < -0.4 is 19.5 Å². The van der Waals surface area contributed by atoms with E-state index in [4.69, 9.17) is 9.47 Å². The van der Waals surface area contributed by atoms with Crippen molar-refractivity contribution in [3.05, 3.63) is 77.9 Å². The maximum atomic E-state index is 12.6. The van der Waals surface area contributed by atoms with E-state index in [9.17, 15) is 13.2 Å². The Hall–Kier alpha value is -3.52. The first kappa shape index (κ1) is 23.1. The molecule has 0 aromatic heterocycles. The predicted octanol–water partition coefficient (Wildman–Crippen LogP) is 4.52. The van der Waals surface area contributed by atoms with E-state index in [1.54, 1.807) is 24.3 Å². The summed E-state index contributed by atoms with van der Waals surface area (Å²) < 4.78 is 38.6. The molecule has 3 rings (SSSR count). The Labute approximate surface area is 188 Å². The largest absolute Gasteiger partial charge is 0.494 e. The van der Waals surface area contributed by atoms with E-state index in [1.807, 2.05) is 39.0 Å². The van der Waals surface area contributed by atoms with Crippen molar-refractivity contribution >= 4 is 27.3 Å². The number of benzene rings is 3. The van der Waals surface area contributed by atoms with E-state index in [0.29, 0.717) is 23.8 Å². The number of carbonyl (C=O) groups excluding carboxylic acids is 1. The Kier molecular flexibility index (Phi) is 7.37. The van der Waals surface area contributed by atoms with Gasteiger partial charge in [-0.1, -0.05) is 17.7 Å². The second-order valence-corrected chi connectivity index (χ2v) is 8.87. The van der Waals surface area contributed by atoms with Crippen LogP contribution in [0.5, 0.6) is 11.5 Å². The highest BCUT2D eigenvalue weighted by Gasteiger charge is 2.15. The van der Waals surface area contributed by atoms with Crippen LogP contribution in [0.1, 0.15) is 18.1 Å². The molecule has 3 aromatic carbocycles. The summed E-state index contributed by atoms with van der Waals surface area (Å²) in [5.74, 6) is 0.755. The maximum absolute atomic E-state index is 12.6. The Balaban J connectivity index is 1.57. The van der Waals surface area contributed by atoms with Crippen LogP contribution in [0.4, 0.5) is 11.4 Å². The Morgan fingerprint density at radius 1 is 0.875 bits per heavy atom. The average Bonchev–Trinajstić information content (AvgIpc) is 2.76. The van der Waals surface area contributed by atoms with Gasteiger partial charge in [-0.15, -0.1) is 0 Å². The Morgan fingerprint density at radius 3 is 2.12 bits per heavy atom. The zero-order valence-corrected chi connectivity index (χ0v) is 19.0. The molecule has 7 nitrogen and oxygen atoms in total. The van der Waals surface area contributed by atoms with Crippen molar-refractivity contribution in [2.45, 2.75) is 25.7 Å². The fourth-order valence-corrected chi connectivity index (χ4v) is 4.06. The third-order valence-corrected chi connectivity index (χ3v) is 5.97. The van der Waals surface area contributed by atoms with Gasteiger partial charge in [-0.3, -0.25) is 9.52 Å². The van der Waals surface area contributed by atoms with Gasteiger partial charge in [0.15, 0.2) is 6.61 Å². The lowest BCUT2D eigenvalue weighted by Gasteiger charge is -2.11. The first-order chi connectivity index (χ1) is 15.3. The number of nitrogens with one attached hydrogen (secondary N) is 2. The Morgan fingerprint density at radius 2 is 1.50 bits per heavy atom. The maximum Gasteiger partial charge on any atom is 0.262 e. The lowest BCUT2D eigenvalue weighted by molar-refractivity contribution is -0.118. The minimum atomic E-state index is -3.76. The van der Waals surface area contributed by atoms with E-state index < -0.39 is 10.0 Å². The van der Waals surface area contributed by atoms with E-state index >= 15 is 0 Å². The van der Waals surface area contributed by atoms with Gasteiger partial charge in [-0.25, -0.2) is 8.42 Å². The van der Waals surface area contributed by atoms with Crippen molar-refractivity contribution in [3.8, 4) is 11.5 Å². The summed E-state index contributed by atoms with van der Waals surface area (Å²) >= 11 is 0. The molecule has 0 saturated heterocycles. The van der Waals surface area contributed by atoms with Crippen LogP contribution in [0.3, 0.4) is 0 Å². The highest BCUT2D eigenvalue weighted by Crippen LogP contribution is 2.22. The minimum absolute atomic E-state index is 0.0819. The number of hydrogen-bond acceptors (Lipinski definition) is 5. The highest BCUT2D eigenvalue weighted by atomic mass is 32.2. The fourth-order valence-electron chi connectivity index (χ4n) is 3.00. The van der Waals surface area contributed by atoms with Gasteiger partial charge >= 0.3 is 0 Å². The number of rotatable bonds is 9. The molecule has 32 heavy (non-hydrogen) atoms. The molecule has 1 amide bonds. The van der Waals surface area contributed by atoms with Gasteiger partial charge in [0.05, 0.1) is 11.5 Å². The van der Waals surface area contributed by atoms with Crippen LogP contribution in [0.2, 0.25) is 0 Å². The molecule has 2 N–H and O–H groups in total. The highest BCUT2D eigenvalue weighted by molar-refractivity contribution is 7.92. The molecule has 0 spiro atoms. The summed E-state index contributed by atoms with van der Waals surface area (Å²) in [6.07, 6.45) is 0. The standard InChI is InChI=1S/C24H26N2O5S/c1-4-30-20-8-6-19(7-9-20)26-32(28,29)22-12-10-21(11-13-22)31-16-24(27)25-23-14-5-17(2)15-18(23)3/h5-15,26H,4,16H2,1-3H3,(H,25,27). The first-order valence-corrected chi connectivity index (χ1v) is 11.6. The third kappa shape index (κ3) is 6.24. The summed E-state index contributed by atoms with van der Waals surface area (Å²) in [5, 5.41) is 2.80. The summed E-state index contributed by atoms with van der Waals surface area (Å²) in [4.78, 5) is 12.2. The SMILES string of the molecule is CCOc1ccc(NS(=O)(=O)c2ccc(OCC(=O)Nc3ccc(C)cc3C)cc2)cc1. The Bertz CT molecular complexity index is 1170. The number of sulfonamides is 1. The number of aryl methyl sites for hydroxylation is 2. The van der Waals surface area contributed by atoms with Crippen LogP contribution in [0.15, 0.2) is 71.6 Å². The van der Waals surface area contributed by atoms with E-state index in [-0.39, 0.29) is 17.4 Å². The lowest BCUT2D eigenvalue weighted by atomic mass is 10.1. The zero-order chi connectivity index (χ0) is 23.1. The van der Waals surface area contributed by atoms with Crippen molar-refractivity contribution in [2.24, 2.45) is 0 Å². The monoisotopic (exact) mass is 454 g/mol. The molecule has 0 radical (unpaired) electrons. The van der Waals surface area contributed by atoms with E-state index in [1.165, 1.54) is 24.3 Å². The van der Waals surface area contributed by atoms with Crippen LogP contribution in [0, 0.1) is 13.8 Å². The second-order valence-electron chi connectivity index (χ2n) is 7.19. The van der Waals surface area contributed by atoms with Crippen molar-refractivity contribution < 1.29 is 22.7 Å². The van der Waals surface area contributed by atoms with Crippen LogP contribution in [0.25, 0.3) is 0 Å². The molecular weight excluding hydrogens is 428 g/mol. The second kappa shape index (κ2) is 10.2. The van der Waals surface area contributed by atoms with Crippen LogP contribution in [-0.2, 0) is 14.8 Å². The molecular formula is C24H26N2O5S. The van der Waals surface area contributed by atoms with Gasteiger partial charge in [-0.2, -0.15) is 0 Å². The molecule has 0 unspecified atom stereocenters. The fraction of sp³-hybridized carbons (Fsp3) is 0.208. The molecule has 0 aliphatic heterocycles. The van der Waals surface area contributed by atoms with Gasteiger partial charge in [0, 0.05) is 11.4 Å². The number of amides is 1. The van der Waals surface area contributed by atoms with Gasteiger partial charge in [0.1, 0.15) is 11.5 Å². The number of anilines is 2. The van der Waals surface area contributed by atoms with Crippen molar-refractivity contribution in [1.82, 2.24) is 0 Å². The third-order valence-electron chi connectivity index (χ3n) is 4.58. The summed E-state index contributed by atoms with van der Waals surface area (Å²) in [5.41, 5.74) is 3.24. The molecule has 0 aliphatic rings. The van der Waals surface area contributed by atoms with Crippen LogP contribution >= 0.6 is 0 Å². The average molecular weight is 455 g/mol. The molecule has 8 heteroatoms. The van der Waals surface area contributed by atoms with Crippen molar-refractivity contribution in [3.63, 3.8) is 0 Å². The van der Waals surface area contributed by atoms with Gasteiger partial charge in [0.25, 0.3) is 15.9 Å². The molecule has 0 atom stereocenters. The molecule has 3 aromatic rings. The van der Waals surface area contributed by atoms with E-state index in [2.05, 4.69) is 10.0 Å². The van der Waals surface area contributed by atoms with Crippen molar-refractivity contribution in [2.75, 3.05) is 23.3 Å². The number of hydrogen-bond donors (Lipinski definition) is 2. The molecule has 0 saturated carbocycles. The molecule has 0 fully saturated rings. The van der Waals surface area contributed by atoms with Gasteiger partial charge in [0.2, 0.25) is 0 Å². The normalized spacial score (nSPS) is 11.0. The zero-order valence-electron chi connectivity index (χ0n) is 18.2. The van der Waals surface area contributed by atoms with Gasteiger partial charge < -0.3 is 14.8 Å². The quantitative estimate of drug-likeness (QED) is 0.496. The van der Waals surface area contributed by atoms with Gasteiger partial charge in [-0.05, 0) is 80.9 Å². The van der Waals surface area contributed by atoms with Crippen molar-refractivity contribution in [1.29, 1.82) is 0 Å². The molecule has 0 heterocycles. The smallest absolute Gasteiger partial charge is 0.262 e. The van der Waals surface area contributed by atoms with Crippen LogP contribution in [-0.4, -0.2) is 27.5 Å². The topological polar surface area (TPSA) is 93.7 Å². The summed E-state index contributed by atoms with van der Waals surface area (Å²) in [6, 6.07) is 18.3. The van der Waals surface area contributed by atoms with E-state index in [0.717, 1.165) is 16.8 Å². The lowest BCUT2D eigenvalue weighted by Crippen LogP contribution is -2.20. The minimum Gasteiger partial charge on any atom is -0.494 e. The predicted molar refractivity (Wildman–Crippen MR) is 125 cm³/mol. The number of carbonyl (C=O) groups is 1.